The van der Waals surface area contributed by atoms with Crippen molar-refractivity contribution in [1.29, 1.82) is 0 Å². The van der Waals surface area contributed by atoms with Crippen molar-refractivity contribution >= 4 is 0 Å². The van der Waals surface area contributed by atoms with Gasteiger partial charge in [-0.3, -0.25) is 0 Å². The molecule has 0 amide bonds. The first-order valence-corrected chi connectivity index (χ1v) is 11.8. The lowest BCUT2D eigenvalue weighted by molar-refractivity contribution is -0.351. The maximum Gasteiger partial charge on any atom is 0.186 e. The summed E-state index contributed by atoms with van der Waals surface area (Å²) in [6.07, 6.45) is 5.39. The highest BCUT2D eigenvalue weighted by Crippen LogP contribution is 2.42. The number of aliphatic hydroxyl groups is 1. The van der Waals surface area contributed by atoms with Gasteiger partial charge in [0.05, 0.1) is 12.2 Å². The molecule has 0 saturated carbocycles. The molecule has 1 N–H and O–H groups in total. The van der Waals surface area contributed by atoms with Crippen LogP contribution in [0.4, 0.5) is 0 Å². The zero-order valence-electron chi connectivity index (χ0n) is 21.6. The van der Waals surface area contributed by atoms with Crippen molar-refractivity contribution in [3.63, 3.8) is 0 Å². The molecule has 0 aromatic rings. The minimum atomic E-state index is -1.16. The normalized spacial score (nSPS) is 38.2. The van der Waals surface area contributed by atoms with Crippen molar-refractivity contribution < 1.29 is 38.3 Å². The number of ether oxygens (including phenoxy) is 7. The van der Waals surface area contributed by atoms with E-state index in [1.165, 1.54) is 0 Å². The molecule has 8 nitrogen and oxygen atoms in total. The van der Waals surface area contributed by atoms with E-state index in [2.05, 4.69) is 13.8 Å². The summed E-state index contributed by atoms with van der Waals surface area (Å²) in [4.78, 5) is 0. The minimum absolute atomic E-state index is 0.00295. The van der Waals surface area contributed by atoms with Crippen LogP contribution in [-0.2, 0) is 33.2 Å². The minimum Gasteiger partial charge on any atom is -0.381 e. The van der Waals surface area contributed by atoms with Crippen molar-refractivity contribution in [2.75, 3.05) is 35.5 Å². The highest BCUT2D eigenvalue weighted by Gasteiger charge is 2.50. The molecule has 0 bridgehead atoms. The molecule has 0 radical (unpaired) electrons. The molecule has 2 heterocycles. The van der Waals surface area contributed by atoms with E-state index in [0.717, 1.165) is 12.0 Å². The van der Waals surface area contributed by atoms with Crippen LogP contribution in [0.15, 0.2) is 23.8 Å². The van der Waals surface area contributed by atoms with Crippen LogP contribution in [0.25, 0.3) is 0 Å². The predicted octanol–water partition coefficient (Wildman–Crippen LogP) is 3.08. The van der Waals surface area contributed by atoms with Crippen LogP contribution in [-0.4, -0.2) is 89.4 Å². The molecule has 2 aliphatic rings. The molecular formula is C25H44O8. The van der Waals surface area contributed by atoms with E-state index in [9.17, 15) is 5.11 Å². The summed E-state index contributed by atoms with van der Waals surface area (Å²) in [7, 11) is 8.16. The van der Waals surface area contributed by atoms with Crippen molar-refractivity contribution in [1.82, 2.24) is 0 Å². The molecule has 0 aliphatic carbocycles. The van der Waals surface area contributed by atoms with Crippen LogP contribution in [0.5, 0.6) is 0 Å². The third-order valence-corrected chi connectivity index (χ3v) is 7.19. The van der Waals surface area contributed by atoms with Gasteiger partial charge in [0.1, 0.15) is 24.4 Å². The van der Waals surface area contributed by atoms with Gasteiger partial charge in [-0.25, -0.2) is 0 Å². The number of hydrogen-bond donors (Lipinski definition) is 1. The van der Waals surface area contributed by atoms with Gasteiger partial charge >= 0.3 is 0 Å². The second kappa shape index (κ2) is 12.7. The Morgan fingerprint density at radius 3 is 2.12 bits per heavy atom. The molecule has 2 aliphatic heterocycles. The highest BCUT2D eigenvalue weighted by atomic mass is 16.7. The van der Waals surface area contributed by atoms with Crippen LogP contribution in [0.1, 0.15) is 40.5 Å². The van der Waals surface area contributed by atoms with Gasteiger partial charge in [-0.2, -0.15) is 0 Å². The fraction of sp³-hybridized carbons (Fsp3) is 0.840. The maximum atomic E-state index is 10.9. The molecule has 0 aromatic carbocycles. The Bertz CT molecular complexity index is 640. The number of hydrogen-bond acceptors (Lipinski definition) is 8. The van der Waals surface area contributed by atoms with E-state index in [4.69, 9.17) is 33.2 Å². The van der Waals surface area contributed by atoms with Gasteiger partial charge in [0.15, 0.2) is 12.1 Å². The second-order valence-electron chi connectivity index (χ2n) is 9.09. The van der Waals surface area contributed by atoms with Crippen LogP contribution in [0.3, 0.4) is 0 Å². The first-order chi connectivity index (χ1) is 15.7. The van der Waals surface area contributed by atoms with Crippen molar-refractivity contribution in [2.45, 2.75) is 89.2 Å². The van der Waals surface area contributed by atoms with E-state index in [1.807, 2.05) is 32.1 Å². The smallest absolute Gasteiger partial charge is 0.186 e. The fourth-order valence-electron chi connectivity index (χ4n) is 4.88. The molecule has 8 heteroatoms. The van der Waals surface area contributed by atoms with Gasteiger partial charge in [-0.15, -0.1) is 0 Å². The van der Waals surface area contributed by atoms with Gasteiger partial charge in [0.2, 0.25) is 0 Å². The zero-order valence-corrected chi connectivity index (χ0v) is 21.6. The molecule has 2 rings (SSSR count). The lowest BCUT2D eigenvalue weighted by atomic mass is 9.81. The third-order valence-electron chi connectivity index (χ3n) is 7.19. The Kier molecular flexibility index (Phi) is 11.0. The SMILES string of the molecule is CC[C@H](OC)[C@@H](C)[C@H]1C[C@@](O)([C@@H](C)/C=C/C=C(\C)[C@@H]2O[C@@H](OC)[C@H](OC)[C@@H](OC)[C@@H]2OC)O1. The molecular weight excluding hydrogens is 428 g/mol. The Hall–Kier alpha value is -0.840. The number of allylic oxidation sites excluding steroid dienone is 2. The van der Waals surface area contributed by atoms with Crippen molar-refractivity contribution in [3.8, 4) is 0 Å². The van der Waals surface area contributed by atoms with Crippen LogP contribution in [0.2, 0.25) is 0 Å². The van der Waals surface area contributed by atoms with Gasteiger partial charge in [-0.05, 0) is 18.9 Å². The average molecular weight is 473 g/mol. The topological polar surface area (TPSA) is 84.8 Å². The van der Waals surface area contributed by atoms with E-state index in [-0.39, 0.29) is 42.4 Å². The van der Waals surface area contributed by atoms with E-state index < -0.39 is 18.2 Å². The summed E-state index contributed by atoms with van der Waals surface area (Å²) < 4.78 is 40.0. The first-order valence-electron chi connectivity index (χ1n) is 11.8. The molecule has 0 unspecified atom stereocenters. The number of rotatable bonds is 12. The lowest BCUT2D eigenvalue weighted by Crippen LogP contribution is -2.60. The monoisotopic (exact) mass is 472 g/mol. The first kappa shape index (κ1) is 28.4. The van der Waals surface area contributed by atoms with Crippen molar-refractivity contribution in [2.24, 2.45) is 11.8 Å². The number of methoxy groups -OCH3 is 5. The summed E-state index contributed by atoms with van der Waals surface area (Å²) in [6.45, 7) is 8.13. The molecule has 10 atom stereocenters. The quantitative estimate of drug-likeness (QED) is 0.434. The van der Waals surface area contributed by atoms with Gasteiger partial charge in [0.25, 0.3) is 0 Å². The second-order valence-corrected chi connectivity index (χ2v) is 9.09. The maximum absolute atomic E-state index is 10.9. The molecule has 0 aromatic heterocycles. The van der Waals surface area contributed by atoms with Gasteiger partial charge in [-0.1, -0.05) is 39.0 Å². The van der Waals surface area contributed by atoms with E-state index in [0.29, 0.717) is 6.42 Å². The van der Waals surface area contributed by atoms with Crippen LogP contribution < -0.4 is 0 Å². The molecule has 33 heavy (non-hydrogen) atoms. The molecule has 2 fully saturated rings. The standard InChI is InChI=1S/C25H44O8/c1-10-18(27-5)17(4)19-14-25(26,33-19)16(3)13-11-12-15(2)20-21(28-6)22(29-7)23(30-8)24(31-9)32-20/h11-13,16-24,26H,10,14H2,1-9H3/b13-11+,15-12+/t16-,17+,18-,19+,20-,21+,22-,23+,24+,25-/m0/s1. The summed E-state index contributed by atoms with van der Waals surface area (Å²) >= 11 is 0. The van der Waals surface area contributed by atoms with Crippen molar-refractivity contribution in [3.05, 3.63) is 23.8 Å². The van der Waals surface area contributed by atoms with Gasteiger partial charge in [0, 0.05) is 53.8 Å². The Labute approximate surface area is 199 Å². The average Bonchev–Trinajstić information content (AvgIpc) is 2.80. The largest absolute Gasteiger partial charge is 0.381 e. The Morgan fingerprint density at radius 2 is 1.64 bits per heavy atom. The van der Waals surface area contributed by atoms with E-state index in [1.54, 1.807) is 35.5 Å². The highest BCUT2D eigenvalue weighted by molar-refractivity contribution is 5.19. The molecule has 2 saturated heterocycles. The summed E-state index contributed by atoms with van der Waals surface area (Å²) in [5.74, 6) is -1.10. The Balaban J connectivity index is 2.03. The third kappa shape index (κ3) is 6.24. The van der Waals surface area contributed by atoms with Crippen LogP contribution >= 0.6 is 0 Å². The van der Waals surface area contributed by atoms with Gasteiger partial charge < -0.3 is 38.3 Å². The summed E-state index contributed by atoms with van der Waals surface area (Å²) in [5, 5.41) is 10.9. The lowest BCUT2D eigenvalue weighted by Gasteiger charge is -2.50. The summed E-state index contributed by atoms with van der Waals surface area (Å²) in [5.41, 5.74) is 0.947. The Morgan fingerprint density at radius 1 is 1.03 bits per heavy atom. The fourth-order valence-corrected chi connectivity index (χ4v) is 4.88. The predicted molar refractivity (Wildman–Crippen MR) is 125 cm³/mol. The zero-order chi connectivity index (χ0) is 24.8. The van der Waals surface area contributed by atoms with E-state index >= 15 is 0 Å². The molecule has 192 valence electrons. The molecule has 0 spiro atoms. The van der Waals surface area contributed by atoms with Crippen LogP contribution in [0, 0.1) is 11.8 Å². The summed E-state index contributed by atoms with van der Waals surface area (Å²) in [6, 6.07) is 0.